The standard InChI is InChI=1S/C31H32N2O4/c1-19-9-11-22(12-10-19)32-24-17-31(2,3)18-27(36)29(24)25(34)14-13-23-30-26(35)15-21(16-28(30)37-33-23)20-7-5-4-6-8-20/h4-12,21,34H,13-18H2,1-3H3/b29-25+,32-24?. The predicted octanol–water partition coefficient (Wildman–Crippen LogP) is 6.80. The van der Waals surface area contributed by atoms with Crippen molar-refractivity contribution in [1.29, 1.82) is 0 Å². The highest BCUT2D eigenvalue weighted by Crippen LogP contribution is 2.38. The Labute approximate surface area is 217 Å². The van der Waals surface area contributed by atoms with Crippen LogP contribution in [0.5, 0.6) is 0 Å². The number of carbonyl (C=O) groups excluding carboxylic acids is 2. The summed E-state index contributed by atoms with van der Waals surface area (Å²) in [5.41, 5.74) is 4.73. The van der Waals surface area contributed by atoms with Crippen LogP contribution < -0.4 is 0 Å². The van der Waals surface area contributed by atoms with Gasteiger partial charge in [-0.25, -0.2) is 0 Å². The molecule has 37 heavy (non-hydrogen) atoms. The van der Waals surface area contributed by atoms with Gasteiger partial charge in [-0.1, -0.05) is 67.0 Å². The van der Waals surface area contributed by atoms with Crippen molar-refractivity contribution >= 4 is 23.0 Å². The van der Waals surface area contributed by atoms with Crippen LogP contribution >= 0.6 is 0 Å². The maximum Gasteiger partial charge on any atom is 0.168 e. The fourth-order valence-corrected chi connectivity index (χ4v) is 5.42. The van der Waals surface area contributed by atoms with Gasteiger partial charge in [-0.05, 0) is 42.4 Å². The molecule has 1 fully saturated rings. The van der Waals surface area contributed by atoms with Crippen LogP contribution in [-0.4, -0.2) is 27.5 Å². The van der Waals surface area contributed by atoms with Gasteiger partial charge in [0.05, 0.1) is 28.2 Å². The van der Waals surface area contributed by atoms with Crippen LogP contribution in [0.15, 0.2) is 75.4 Å². The summed E-state index contributed by atoms with van der Waals surface area (Å²) >= 11 is 0. The monoisotopic (exact) mass is 496 g/mol. The Morgan fingerprint density at radius 3 is 2.49 bits per heavy atom. The Bertz CT molecular complexity index is 1390. The van der Waals surface area contributed by atoms with Crippen LogP contribution in [0.3, 0.4) is 0 Å². The van der Waals surface area contributed by atoms with Crippen molar-refractivity contribution in [2.45, 2.75) is 65.2 Å². The van der Waals surface area contributed by atoms with E-state index in [1.165, 1.54) is 0 Å². The zero-order valence-electron chi connectivity index (χ0n) is 21.6. The number of nitrogens with zero attached hydrogens (tertiary/aromatic N) is 2. The Balaban J connectivity index is 1.39. The van der Waals surface area contributed by atoms with Crippen molar-refractivity contribution in [3.8, 4) is 0 Å². The molecular formula is C31H32N2O4. The van der Waals surface area contributed by atoms with E-state index in [-0.39, 0.29) is 35.1 Å². The molecule has 0 amide bonds. The highest BCUT2D eigenvalue weighted by Gasteiger charge is 2.37. The van der Waals surface area contributed by atoms with Gasteiger partial charge in [0.15, 0.2) is 11.6 Å². The zero-order chi connectivity index (χ0) is 26.2. The van der Waals surface area contributed by atoms with Crippen molar-refractivity contribution < 1.29 is 19.2 Å². The number of hydrogen-bond acceptors (Lipinski definition) is 6. The first-order valence-electron chi connectivity index (χ1n) is 12.9. The SMILES string of the molecule is Cc1ccc(N=C2CC(C)(C)CC(=O)/C2=C(/O)CCc2noc3c2C(=O)CC(c2ccccc2)C3)cc1. The van der Waals surface area contributed by atoms with Crippen molar-refractivity contribution in [2.75, 3.05) is 0 Å². The summed E-state index contributed by atoms with van der Waals surface area (Å²) in [6.07, 6.45) is 2.45. The van der Waals surface area contributed by atoms with Crippen LogP contribution in [0.1, 0.15) is 78.4 Å². The second-order valence-corrected chi connectivity index (χ2v) is 11.0. The van der Waals surface area contributed by atoms with Crippen LogP contribution in [0, 0.1) is 12.3 Å². The summed E-state index contributed by atoms with van der Waals surface area (Å²) < 4.78 is 5.59. The average molecular weight is 497 g/mol. The van der Waals surface area contributed by atoms with E-state index in [4.69, 9.17) is 9.52 Å². The third-order valence-electron chi connectivity index (χ3n) is 7.28. The molecule has 1 unspecified atom stereocenters. The Hall–Kier alpha value is -3.80. The lowest BCUT2D eigenvalue weighted by atomic mass is 9.73. The van der Waals surface area contributed by atoms with E-state index in [9.17, 15) is 14.7 Å². The minimum Gasteiger partial charge on any atom is -0.511 e. The number of aliphatic hydroxyl groups is 1. The molecule has 2 aliphatic rings. The first kappa shape index (κ1) is 24.9. The second kappa shape index (κ2) is 9.92. The van der Waals surface area contributed by atoms with Crippen LogP contribution in [0.4, 0.5) is 5.69 Å². The van der Waals surface area contributed by atoms with E-state index in [1.54, 1.807) is 0 Å². The molecular weight excluding hydrogens is 464 g/mol. The quantitative estimate of drug-likeness (QED) is 0.310. The molecule has 0 saturated heterocycles. The van der Waals surface area contributed by atoms with Crippen molar-refractivity contribution in [3.05, 3.63) is 94.1 Å². The molecule has 0 spiro atoms. The minimum absolute atomic E-state index is 0.00599. The van der Waals surface area contributed by atoms with E-state index in [2.05, 4.69) is 5.16 Å². The number of Topliss-reactive ketones (excluding diaryl/α,β-unsaturated/α-hetero) is 2. The van der Waals surface area contributed by atoms with Crippen molar-refractivity contribution in [2.24, 2.45) is 10.4 Å². The minimum atomic E-state index is -0.239. The number of hydrogen-bond donors (Lipinski definition) is 1. The maximum absolute atomic E-state index is 13.1. The smallest absolute Gasteiger partial charge is 0.168 e. The fourth-order valence-electron chi connectivity index (χ4n) is 5.42. The van der Waals surface area contributed by atoms with Crippen LogP contribution in [-0.2, 0) is 17.6 Å². The number of rotatable bonds is 5. The molecule has 5 rings (SSSR count). The highest BCUT2D eigenvalue weighted by molar-refractivity contribution is 6.25. The number of aliphatic hydroxyl groups excluding tert-OH is 1. The molecule has 6 nitrogen and oxygen atoms in total. The molecule has 1 N–H and O–H groups in total. The molecule has 3 aromatic rings. The van der Waals surface area contributed by atoms with E-state index < -0.39 is 0 Å². The molecule has 2 aliphatic carbocycles. The van der Waals surface area contributed by atoms with Gasteiger partial charge in [-0.15, -0.1) is 0 Å². The van der Waals surface area contributed by atoms with E-state index in [0.29, 0.717) is 60.4 Å². The third-order valence-corrected chi connectivity index (χ3v) is 7.28. The van der Waals surface area contributed by atoms with E-state index in [0.717, 1.165) is 16.8 Å². The molecule has 1 heterocycles. The van der Waals surface area contributed by atoms with Gasteiger partial charge in [0.25, 0.3) is 0 Å². The molecule has 1 aromatic heterocycles. The number of aryl methyl sites for hydroxylation is 2. The maximum atomic E-state index is 13.1. The number of carbonyl (C=O) groups is 2. The normalized spacial score (nSPS) is 21.7. The van der Waals surface area contributed by atoms with Crippen LogP contribution in [0.25, 0.3) is 0 Å². The van der Waals surface area contributed by atoms with E-state index in [1.807, 2.05) is 75.4 Å². The van der Waals surface area contributed by atoms with Gasteiger partial charge in [0.1, 0.15) is 11.5 Å². The number of ketones is 2. The van der Waals surface area contributed by atoms with Crippen molar-refractivity contribution in [3.63, 3.8) is 0 Å². The van der Waals surface area contributed by atoms with Gasteiger partial charge in [-0.3, -0.25) is 14.6 Å². The lowest BCUT2D eigenvalue weighted by Crippen LogP contribution is -2.32. The summed E-state index contributed by atoms with van der Waals surface area (Å²) in [6, 6.07) is 17.8. The lowest BCUT2D eigenvalue weighted by Gasteiger charge is -2.31. The molecule has 190 valence electrons. The molecule has 0 bridgehead atoms. The third kappa shape index (κ3) is 5.33. The molecule has 0 radical (unpaired) electrons. The zero-order valence-corrected chi connectivity index (χ0v) is 21.6. The number of fused-ring (bicyclic) bond motifs is 1. The number of allylic oxidation sites excluding steroid dienone is 2. The van der Waals surface area contributed by atoms with Gasteiger partial charge in [0, 0.05) is 32.1 Å². The van der Waals surface area contributed by atoms with Gasteiger partial charge in [-0.2, -0.15) is 0 Å². The average Bonchev–Trinajstić information content (AvgIpc) is 3.27. The molecule has 1 atom stereocenters. The summed E-state index contributed by atoms with van der Waals surface area (Å²) in [7, 11) is 0. The largest absolute Gasteiger partial charge is 0.511 e. The number of benzene rings is 2. The van der Waals surface area contributed by atoms with Crippen molar-refractivity contribution in [1.82, 2.24) is 5.16 Å². The molecule has 2 aromatic carbocycles. The summed E-state index contributed by atoms with van der Waals surface area (Å²) in [4.78, 5) is 31.0. The summed E-state index contributed by atoms with van der Waals surface area (Å²) in [5.74, 6) is 0.568. The van der Waals surface area contributed by atoms with E-state index >= 15 is 0 Å². The molecule has 0 aliphatic heterocycles. The van der Waals surface area contributed by atoms with Gasteiger partial charge < -0.3 is 9.63 Å². The predicted molar refractivity (Wildman–Crippen MR) is 143 cm³/mol. The number of aromatic nitrogens is 1. The highest BCUT2D eigenvalue weighted by atomic mass is 16.5. The molecule has 6 heteroatoms. The van der Waals surface area contributed by atoms with Gasteiger partial charge in [0.2, 0.25) is 0 Å². The Morgan fingerprint density at radius 1 is 1.03 bits per heavy atom. The Kier molecular flexibility index (Phi) is 6.67. The topological polar surface area (TPSA) is 92.8 Å². The molecule has 1 saturated carbocycles. The van der Waals surface area contributed by atoms with Gasteiger partial charge >= 0.3 is 0 Å². The second-order valence-electron chi connectivity index (χ2n) is 11.0. The first-order chi connectivity index (χ1) is 17.7. The lowest BCUT2D eigenvalue weighted by molar-refractivity contribution is -0.117. The van der Waals surface area contributed by atoms with Crippen LogP contribution in [0.2, 0.25) is 0 Å². The summed E-state index contributed by atoms with van der Waals surface area (Å²) in [6.45, 7) is 6.09. The Morgan fingerprint density at radius 2 is 1.76 bits per heavy atom. The number of aliphatic imine (C=N–C) groups is 1. The fraction of sp³-hybridized carbons (Fsp3) is 0.355. The first-order valence-corrected chi connectivity index (χ1v) is 12.9. The summed E-state index contributed by atoms with van der Waals surface area (Å²) in [5, 5.41) is 15.3.